The summed E-state index contributed by atoms with van der Waals surface area (Å²) in [7, 11) is 0. The Bertz CT molecular complexity index is 473. The smallest absolute Gasteiger partial charge is 0.251 e. The molecule has 4 nitrogen and oxygen atoms in total. The number of benzene rings is 1. The molecule has 0 radical (unpaired) electrons. The first kappa shape index (κ1) is 15.8. The second kappa shape index (κ2) is 7.46. The number of rotatable bonds is 5. The molecular weight excluding hydrogens is 266 g/mol. The number of nitrogens with one attached hydrogen (secondary N) is 1. The second-order valence-corrected chi connectivity index (χ2v) is 6.16. The average molecular weight is 291 g/mol. The fourth-order valence-corrected chi connectivity index (χ4v) is 2.52. The molecule has 4 heteroatoms. The van der Waals surface area contributed by atoms with Crippen molar-refractivity contribution in [3.63, 3.8) is 0 Å². The summed E-state index contributed by atoms with van der Waals surface area (Å²) < 4.78 is 5.64. The van der Waals surface area contributed by atoms with Gasteiger partial charge in [0.2, 0.25) is 0 Å². The zero-order chi connectivity index (χ0) is 15.2. The fourth-order valence-electron chi connectivity index (χ4n) is 2.52. The molecule has 0 saturated heterocycles. The predicted octanol–water partition coefficient (Wildman–Crippen LogP) is 2.75. The van der Waals surface area contributed by atoms with E-state index in [1.807, 2.05) is 12.1 Å². The van der Waals surface area contributed by atoms with E-state index in [4.69, 9.17) is 4.74 Å². The molecule has 1 aliphatic carbocycles. The van der Waals surface area contributed by atoms with Crippen molar-refractivity contribution in [1.82, 2.24) is 5.32 Å². The van der Waals surface area contributed by atoms with Crippen molar-refractivity contribution >= 4 is 5.91 Å². The maximum Gasteiger partial charge on any atom is 0.251 e. The van der Waals surface area contributed by atoms with Crippen LogP contribution in [0.4, 0.5) is 0 Å². The van der Waals surface area contributed by atoms with Crippen molar-refractivity contribution in [2.24, 2.45) is 5.92 Å². The summed E-state index contributed by atoms with van der Waals surface area (Å²) in [6, 6.07) is 7.07. The van der Waals surface area contributed by atoms with Crippen LogP contribution in [0.1, 0.15) is 49.9 Å². The Balaban J connectivity index is 1.96. The number of aliphatic hydroxyl groups excluding tert-OH is 1. The topological polar surface area (TPSA) is 58.6 Å². The molecule has 0 aliphatic heterocycles. The molecule has 1 aromatic carbocycles. The summed E-state index contributed by atoms with van der Waals surface area (Å²) in [6.45, 7) is 4.80. The van der Waals surface area contributed by atoms with Crippen molar-refractivity contribution in [3.8, 4) is 5.75 Å². The van der Waals surface area contributed by atoms with Gasteiger partial charge in [0.15, 0.2) is 0 Å². The van der Waals surface area contributed by atoms with E-state index in [9.17, 15) is 9.90 Å². The molecule has 0 bridgehead atoms. The van der Waals surface area contributed by atoms with Gasteiger partial charge in [-0.05, 0) is 37.0 Å². The van der Waals surface area contributed by atoms with Gasteiger partial charge in [-0.3, -0.25) is 4.79 Å². The molecule has 2 rings (SSSR count). The highest BCUT2D eigenvalue weighted by molar-refractivity contribution is 5.94. The largest absolute Gasteiger partial charge is 0.493 e. The second-order valence-electron chi connectivity index (χ2n) is 6.16. The van der Waals surface area contributed by atoms with Gasteiger partial charge in [-0.2, -0.15) is 0 Å². The molecule has 1 saturated carbocycles. The van der Waals surface area contributed by atoms with Crippen molar-refractivity contribution in [1.29, 1.82) is 0 Å². The lowest BCUT2D eigenvalue weighted by Crippen LogP contribution is -2.45. The van der Waals surface area contributed by atoms with Gasteiger partial charge >= 0.3 is 0 Å². The van der Waals surface area contributed by atoms with Crippen LogP contribution in [0.15, 0.2) is 24.3 Å². The molecule has 1 fully saturated rings. The first-order valence-corrected chi connectivity index (χ1v) is 7.78. The van der Waals surface area contributed by atoms with Crippen molar-refractivity contribution < 1.29 is 14.6 Å². The molecule has 1 aliphatic rings. The van der Waals surface area contributed by atoms with Crippen molar-refractivity contribution in [3.05, 3.63) is 29.8 Å². The Morgan fingerprint density at radius 3 is 2.86 bits per heavy atom. The molecule has 0 spiro atoms. The highest BCUT2D eigenvalue weighted by atomic mass is 16.5. The molecule has 2 N–H and O–H groups in total. The van der Waals surface area contributed by atoms with Crippen LogP contribution < -0.4 is 10.1 Å². The molecule has 0 unspecified atom stereocenters. The number of hydrogen-bond acceptors (Lipinski definition) is 3. The highest BCUT2D eigenvalue weighted by Crippen LogP contribution is 2.19. The first-order chi connectivity index (χ1) is 10.1. The monoisotopic (exact) mass is 291 g/mol. The summed E-state index contributed by atoms with van der Waals surface area (Å²) in [6.07, 6.45) is 3.27. The lowest BCUT2D eigenvalue weighted by Gasteiger charge is -2.28. The third kappa shape index (κ3) is 4.74. The number of hydrogen-bond donors (Lipinski definition) is 2. The van der Waals surface area contributed by atoms with Crippen LogP contribution in [0, 0.1) is 5.92 Å². The molecule has 0 aromatic heterocycles. The predicted molar refractivity (Wildman–Crippen MR) is 82.5 cm³/mol. The zero-order valence-corrected chi connectivity index (χ0v) is 12.8. The molecule has 1 amide bonds. The SMILES string of the molecule is CC(C)COc1cccc(C(=O)N[C@H]2CCCC[C@@H]2O)c1. The van der Waals surface area contributed by atoms with Crippen molar-refractivity contribution in [2.75, 3.05) is 6.61 Å². The Labute approximate surface area is 126 Å². The molecule has 116 valence electrons. The average Bonchev–Trinajstić information content (AvgIpc) is 2.48. The van der Waals surface area contributed by atoms with E-state index in [2.05, 4.69) is 19.2 Å². The summed E-state index contributed by atoms with van der Waals surface area (Å²) >= 11 is 0. The van der Waals surface area contributed by atoms with Crippen LogP contribution in [0.3, 0.4) is 0 Å². The highest BCUT2D eigenvalue weighted by Gasteiger charge is 2.24. The van der Waals surface area contributed by atoms with E-state index in [1.165, 1.54) is 0 Å². The van der Waals surface area contributed by atoms with E-state index in [0.29, 0.717) is 23.8 Å². The van der Waals surface area contributed by atoms with Crippen LogP contribution >= 0.6 is 0 Å². The van der Waals surface area contributed by atoms with Crippen molar-refractivity contribution in [2.45, 2.75) is 51.7 Å². The zero-order valence-electron chi connectivity index (χ0n) is 12.8. The summed E-state index contributed by atoms with van der Waals surface area (Å²) in [5.41, 5.74) is 0.578. The standard InChI is InChI=1S/C17H25NO3/c1-12(2)11-21-14-7-5-6-13(10-14)17(20)18-15-8-3-4-9-16(15)19/h5-7,10,12,15-16,19H,3-4,8-9,11H2,1-2H3,(H,18,20)/t15-,16-/m0/s1. The fraction of sp³-hybridized carbons (Fsp3) is 0.588. The molecule has 2 atom stereocenters. The summed E-state index contributed by atoms with van der Waals surface area (Å²) in [5, 5.41) is 12.9. The van der Waals surface area contributed by atoms with Crippen LogP contribution in [-0.4, -0.2) is 29.8 Å². The first-order valence-electron chi connectivity index (χ1n) is 7.78. The van der Waals surface area contributed by atoms with E-state index in [-0.39, 0.29) is 11.9 Å². The third-order valence-corrected chi connectivity index (χ3v) is 3.73. The van der Waals surface area contributed by atoms with E-state index < -0.39 is 6.10 Å². The Kier molecular flexibility index (Phi) is 5.62. The molecular formula is C17H25NO3. The molecule has 0 heterocycles. The van der Waals surface area contributed by atoms with Crippen LogP contribution in [0.25, 0.3) is 0 Å². The van der Waals surface area contributed by atoms with Gasteiger partial charge < -0.3 is 15.2 Å². The minimum atomic E-state index is -0.428. The van der Waals surface area contributed by atoms with Gasteiger partial charge in [0.25, 0.3) is 5.91 Å². The van der Waals surface area contributed by atoms with Gasteiger partial charge in [0, 0.05) is 5.56 Å². The summed E-state index contributed by atoms with van der Waals surface area (Å²) in [5.74, 6) is 1.01. The van der Waals surface area contributed by atoms with E-state index in [0.717, 1.165) is 25.7 Å². The van der Waals surface area contributed by atoms with Gasteiger partial charge in [0.05, 0.1) is 18.8 Å². The minimum absolute atomic E-state index is 0.133. The normalized spacial score (nSPS) is 22.1. The number of amides is 1. The molecule has 21 heavy (non-hydrogen) atoms. The lowest BCUT2D eigenvalue weighted by atomic mass is 9.92. The van der Waals surface area contributed by atoms with Crippen LogP contribution in [0.5, 0.6) is 5.75 Å². The minimum Gasteiger partial charge on any atom is -0.493 e. The Hall–Kier alpha value is -1.55. The van der Waals surface area contributed by atoms with E-state index >= 15 is 0 Å². The van der Waals surface area contributed by atoms with Gasteiger partial charge in [-0.25, -0.2) is 0 Å². The Morgan fingerprint density at radius 1 is 1.38 bits per heavy atom. The maximum absolute atomic E-state index is 12.3. The van der Waals surface area contributed by atoms with E-state index in [1.54, 1.807) is 12.1 Å². The summed E-state index contributed by atoms with van der Waals surface area (Å²) in [4.78, 5) is 12.3. The Morgan fingerprint density at radius 2 is 2.14 bits per heavy atom. The van der Waals surface area contributed by atoms with Crippen LogP contribution in [-0.2, 0) is 0 Å². The van der Waals surface area contributed by atoms with Gasteiger partial charge in [-0.1, -0.05) is 32.8 Å². The number of carbonyl (C=O) groups excluding carboxylic acids is 1. The quantitative estimate of drug-likeness (QED) is 0.877. The lowest BCUT2D eigenvalue weighted by molar-refractivity contribution is 0.0717. The number of aliphatic hydroxyl groups is 1. The van der Waals surface area contributed by atoms with Gasteiger partial charge in [0.1, 0.15) is 5.75 Å². The number of ether oxygens (including phenoxy) is 1. The van der Waals surface area contributed by atoms with Gasteiger partial charge in [-0.15, -0.1) is 0 Å². The number of carbonyl (C=O) groups is 1. The van der Waals surface area contributed by atoms with Crippen LogP contribution in [0.2, 0.25) is 0 Å². The maximum atomic E-state index is 12.3. The molecule has 1 aromatic rings. The third-order valence-electron chi connectivity index (χ3n) is 3.73.